The van der Waals surface area contributed by atoms with E-state index in [2.05, 4.69) is 41.8 Å². The summed E-state index contributed by atoms with van der Waals surface area (Å²) >= 11 is 0. The minimum Gasteiger partial charge on any atom is -0.384 e. The van der Waals surface area contributed by atoms with E-state index in [1.165, 1.54) is 18.1 Å². The zero-order valence-corrected chi connectivity index (χ0v) is 11.9. The third-order valence-electron chi connectivity index (χ3n) is 3.13. The summed E-state index contributed by atoms with van der Waals surface area (Å²) in [5, 5.41) is 6.23. The maximum atomic E-state index is 11.1. The molecule has 0 aliphatic rings. The smallest absolute Gasteiger partial charge is 0.221 e. The number of hydrogen-bond acceptors (Lipinski definition) is 2. The van der Waals surface area contributed by atoms with Gasteiger partial charge in [-0.1, -0.05) is 36.4 Å². The van der Waals surface area contributed by atoms with Crippen LogP contribution < -0.4 is 10.6 Å². The molecule has 104 valence electrons. The van der Waals surface area contributed by atoms with Crippen molar-refractivity contribution < 1.29 is 4.79 Å². The second kappa shape index (κ2) is 6.75. The van der Waals surface area contributed by atoms with Crippen LogP contribution in [0.15, 0.2) is 48.5 Å². The molecule has 2 rings (SSSR count). The number of rotatable bonds is 5. The molecule has 0 heterocycles. The van der Waals surface area contributed by atoms with Crippen molar-refractivity contribution in [2.75, 3.05) is 17.2 Å². The molecule has 3 nitrogen and oxygen atoms in total. The van der Waals surface area contributed by atoms with Gasteiger partial charge >= 0.3 is 0 Å². The fraction of sp³-hybridized carbons (Fsp3) is 0.235. The van der Waals surface area contributed by atoms with Gasteiger partial charge in [0.1, 0.15) is 0 Å². The van der Waals surface area contributed by atoms with Gasteiger partial charge in [-0.15, -0.1) is 0 Å². The standard InChI is InChI=1S/C17H20N2O/c1-13-8-9-16(19-14(2)20)12-17(13)18-11-10-15-6-4-3-5-7-15/h3-9,12,18H,10-11H2,1-2H3,(H,19,20). The highest BCUT2D eigenvalue weighted by molar-refractivity contribution is 5.89. The number of nitrogens with one attached hydrogen (secondary N) is 2. The molecule has 20 heavy (non-hydrogen) atoms. The highest BCUT2D eigenvalue weighted by Crippen LogP contribution is 2.20. The zero-order chi connectivity index (χ0) is 14.4. The van der Waals surface area contributed by atoms with Gasteiger partial charge in [-0.3, -0.25) is 4.79 Å². The molecule has 0 saturated carbocycles. The predicted molar refractivity (Wildman–Crippen MR) is 84.1 cm³/mol. The van der Waals surface area contributed by atoms with Crippen molar-refractivity contribution >= 4 is 17.3 Å². The molecule has 2 N–H and O–H groups in total. The minimum absolute atomic E-state index is 0.0518. The number of amides is 1. The molecule has 0 bridgehead atoms. The molecule has 0 aliphatic carbocycles. The summed E-state index contributed by atoms with van der Waals surface area (Å²) in [7, 11) is 0. The van der Waals surface area contributed by atoms with Crippen LogP contribution in [-0.4, -0.2) is 12.5 Å². The van der Waals surface area contributed by atoms with Crippen LogP contribution in [0, 0.1) is 6.92 Å². The van der Waals surface area contributed by atoms with E-state index in [0.29, 0.717) is 0 Å². The summed E-state index contributed by atoms with van der Waals surface area (Å²) in [6.45, 7) is 4.44. The van der Waals surface area contributed by atoms with Crippen molar-refractivity contribution in [3.63, 3.8) is 0 Å². The number of aryl methyl sites for hydroxylation is 1. The van der Waals surface area contributed by atoms with Crippen molar-refractivity contribution in [3.8, 4) is 0 Å². The quantitative estimate of drug-likeness (QED) is 0.869. The molecule has 2 aromatic rings. The van der Waals surface area contributed by atoms with Crippen LogP contribution in [0.2, 0.25) is 0 Å². The van der Waals surface area contributed by atoms with Crippen molar-refractivity contribution in [2.24, 2.45) is 0 Å². The van der Waals surface area contributed by atoms with Gasteiger partial charge in [-0.05, 0) is 36.6 Å². The molecule has 0 unspecified atom stereocenters. The summed E-state index contributed by atoms with van der Waals surface area (Å²) in [5.74, 6) is -0.0518. The normalized spacial score (nSPS) is 10.1. The van der Waals surface area contributed by atoms with Gasteiger partial charge in [0.25, 0.3) is 0 Å². The monoisotopic (exact) mass is 268 g/mol. The average Bonchev–Trinajstić information content (AvgIpc) is 2.43. The van der Waals surface area contributed by atoms with Crippen LogP contribution in [-0.2, 0) is 11.2 Å². The Hall–Kier alpha value is -2.29. The second-order valence-corrected chi connectivity index (χ2v) is 4.87. The van der Waals surface area contributed by atoms with Gasteiger partial charge < -0.3 is 10.6 Å². The second-order valence-electron chi connectivity index (χ2n) is 4.87. The van der Waals surface area contributed by atoms with Crippen molar-refractivity contribution in [3.05, 3.63) is 59.7 Å². The van der Waals surface area contributed by atoms with E-state index in [4.69, 9.17) is 0 Å². The molecule has 0 fully saturated rings. The molecule has 0 aliphatic heterocycles. The van der Waals surface area contributed by atoms with Crippen LogP contribution in [0.1, 0.15) is 18.1 Å². The number of carbonyl (C=O) groups excluding carboxylic acids is 1. The molecule has 1 amide bonds. The van der Waals surface area contributed by atoms with Crippen LogP contribution in [0.4, 0.5) is 11.4 Å². The third kappa shape index (κ3) is 4.12. The van der Waals surface area contributed by atoms with Gasteiger partial charge in [0.15, 0.2) is 0 Å². The number of anilines is 2. The fourth-order valence-corrected chi connectivity index (χ4v) is 2.08. The summed E-state index contributed by atoms with van der Waals surface area (Å²) in [4.78, 5) is 11.1. The van der Waals surface area contributed by atoms with Crippen LogP contribution >= 0.6 is 0 Å². The Morgan fingerprint density at radius 1 is 1.10 bits per heavy atom. The van der Waals surface area contributed by atoms with Crippen LogP contribution in [0.5, 0.6) is 0 Å². The van der Waals surface area contributed by atoms with E-state index in [1.54, 1.807) is 0 Å². The van der Waals surface area contributed by atoms with Gasteiger partial charge in [0.2, 0.25) is 5.91 Å². The highest BCUT2D eigenvalue weighted by atomic mass is 16.1. The van der Waals surface area contributed by atoms with Crippen molar-refractivity contribution in [1.82, 2.24) is 0 Å². The van der Waals surface area contributed by atoms with E-state index in [1.807, 2.05) is 24.3 Å². The van der Waals surface area contributed by atoms with Gasteiger partial charge in [0.05, 0.1) is 0 Å². The van der Waals surface area contributed by atoms with E-state index < -0.39 is 0 Å². The SMILES string of the molecule is CC(=O)Nc1ccc(C)c(NCCc2ccccc2)c1. The topological polar surface area (TPSA) is 41.1 Å². The zero-order valence-electron chi connectivity index (χ0n) is 11.9. The summed E-state index contributed by atoms with van der Waals surface area (Å²) in [5.41, 5.74) is 4.38. The maximum absolute atomic E-state index is 11.1. The lowest BCUT2D eigenvalue weighted by Gasteiger charge is -2.12. The summed E-state index contributed by atoms with van der Waals surface area (Å²) < 4.78 is 0. The Balaban J connectivity index is 1.96. The van der Waals surface area contributed by atoms with Gasteiger partial charge in [0, 0.05) is 24.8 Å². The third-order valence-corrected chi connectivity index (χ3v) is 3.13. The van der Waals surface area contributed by atoms with E-state index in [-0.39, 0.29) is 5.91 Å². The van der Waals surface area contributed by atoms with E-state index in [9.17, 15) is 4.79 Å². The Morgan fingerprint density at radius 3 is 2.55 bits per heavy atom. The first-order valence-corrected chi connectivity index (χ1v) is 6.81. The average molecular weight is 268 g/mol. The first kappa shape index (κ1) is 14.1. The molecule has 0 radical (unpaired) electrons. The number of carbonyl (C=O) groups is 1. The summed E-state index contributed by atoms with van der Waals surface area (Å²) in [6.07, 6.45) is 0.977. The molecular formula is C17H20N2O. The van der Waals surface area contributed by atoms with Crippen LogP contribution in [0.3, 0.4) is 0 Å². The Bertz CT molecular complexity index is 579. The molecule has 2 aromatic carbocycles. The molecular weight excluding hydrogens is 248 g/mol. The highest BCUT2D eigenvalue weighted by Gasteiger charge is 2.01. The van der Waals surface area contributed by atoms with E-state index in [0.717, 1.165) is 24.3 Å². The number of benzene rings is 2. The Labute approximate surface area is 120 Å². The largest absolute Gasteiger partial charge is 0.384 e. The molecule has 0 aromatic heterocycles. The molecule has 0 saturated heterocycles. The first-order chi connectivity index (χ1) is 9.65. The Kier molecular flexibility index (Phi) is 4.77. The first-order valence-electron chi connectivity index (χ1n) is 6.81. The molecule has 0 spiro atoms. The predicted octanol–water partition coefficient (Wildman–Crippen LogP) is 3.61. The van der Waals surface area contributed by atoms with Crippen LogP contribution in [0.25, 0.3) is 0 Å². The fourth-order valence-electron chi connectivity index (χ4n) is 2.08. The van der Waals surface area contributed by atoms with Crippen molar-refractivity contribution in [2.45, 2.75) is 20.3 Å². The lowest BCUT2D eigenvalue weighted by atomic mass is 10.1. The minimum atomic E-state index is -0.0518. The lowest BCUT2D eigenvalue weighted by Crippen LogP contribution is -2.09. The van der Waals surface area contributed by atoms with Gasteiger partial charge in [-0.25, -0.2) is 0 Å². The van der Waals surface area contributed by atoms with E-state index >= 15 is 0 Å². The number of hydrogen-bond donors (Lipinski definition) is 2. The van der Waals surface area contributed by atoms with Crippen molar-refractivity contribution in [1.29, 1.82) is 0 Å². The lowest BCUT2D eigenvalue weighted by molar-refractivity contribution is -0.114. The molecule has 3 heteroatoms. The molecule has 0 atom stereocenters. The van der Waals surface area contributed by atoms with Gasteiger partial charge in [-0.2, -0.15) is 0 Å². The maximum Gasteiger partial charge on any atom is 0.221 e. The summed E-state index contributed by atoms with van der Waals surface area (Å²) in [6, 6.07) is 16.3. The Morgan fingerprint density at radius 2 is 1.85 bits per heavy atom.